The number of nitrogens with one attached hydrogen (secondary N) is 3. The number of fused-ring (bicyclic) bond motifs is 1. The lowest BCUT2D eigenvalue weighted by Crippen LogP contribution is -2.58. The highest BCUT2D eigenvalue weighted by molar-refractivity contribution is 5.95. The van der Waals surface area contributed by atoms with Gasteiger partial charge in [0.05, 0.1) is 6.10 Å². The number of carbonyl (C=O) groups excluding carboxylic acids is 3. The standard InChI is InChI=1S/C25H33N5O8/c1-13(31)21(26)23(35)29-18(11-14-12-27-16-6-3-2-5-15(14)16)24(36)30-10-4-7-19(30)22(34)28-17(25(37)38)8-9-20(32)33/h2-3,5-6,12-13,17-19,21,27,31H,4,7-11,26H2,1H3,(H,28,34)(H,29,35)(H,32,33)(H,37,38). The molecule has 0 spiro atoms. The van der Waals surface area contributed by atoms with Crippen molar-refractivity contribution in [2.75, 3.05) is 6.54 Å². The summed E-state index contributed by atoms with van der Waals surface area (Å²) < 4.78 is 0. The molecule has 3 rings (SSSR count). The fraction of sp³-hybridized carbons (Fsp3) is 0.480. The number of aromatic nitrogens is 1. The first-order valence-electron chi connectivity index (χ1n) is 12.3. The molecule has 0 saturated carbocycles. The summed E-state index contributed by atoms with van der Waals surface area (Å²) in [4.78, 5) is 66.2. The van der Waals surface area contributed by atoms with Crippen LogP contribution < -0.4 is 16.4 Å². The molecule has 1 aromatic heterocycles. The number of para-hydroxylation sites is 1. The first kappa shape index (κ1) is 28.6. The second-order valence-corrected chi connectivity index (χ2v) is 9.41. The summed E-state index contributed by atoms with van der Waals surface area (Å²) in [5, 5.41) is 33.8. The second-order valence-electron chi connectivity index (χ2n) is 9.41. The van der Waals surface area contributed by atoms with Crippen LogP contribution in [-0.4, -0.2) is 91.7 Å². The van der Waals surface area contributed by atoms with Crippen molar-refractivity contribution >= 4 is 40.6 Å². The molecule has 1 aromatic carbocycles. The number of aliphatic carboxylic acids is 2. The lowest BCUT2D eigenvalue weighted by molar-refractivity contribution is -0.145. The van der Waals surface area contributed by atoms with Gasteiger partial charge in [0.1, 0.15) is 24.2 Å². The monoisotopic (exact) mass is 531 g/mol. The average Bonchev–Trinajstić information content (AvgIpc) is 3.52. The molecule has 38 heavy (non-hydrogen) atoms. The molecule has 2 heterocycles. The summed E-state index contributed by atoms with van der Waals surface area (Å²) in [6.07, 6.45) is 0.604. The quantitative estimate of drug-likeness (QED) is 0.184. The number of likely N-dealkylation sites (tertiary alicyclic amines) is 1. The highest BCUT2D eigenvalue weighted by atomic mass is 16.4. The van der Waals surface area contributed by atoms with Crippen LogP contribution in [0, 0.1) is 0 Å². The Hall–Kier alpha value is -3.97. The van der Waals surface area contributed by atoms with E-state index in [0.29, 0.717) is 6.42 Å². The van der Waals surface area contributed by atoms with Gasteiger partial charge in [-0.25, -0.2) is 4.79 Å². The van der Waals surface area contributed by atoms with Crippen LogP contribution >= 0.6 is 0 Å². The molecule has 8 N–H and O–H groups in total. The molecule has 0 radical (unpaired) electrons. The van der Waals surface area contributed by atoms with Crippen molar-refractivity contribution in [3.05, 3.63) is 36.0 Å². The third kappa shape index (κ3) is 6.86. The number of hydrogen-bond donors (Lipinski definition) is 7. The van der Waals surface area contributed by atoms with E-state index < -0.39 is 66.4 Å². The van der Waals surface area contributed by atoms with Gasteiger partial charge in [0, 0.05) is 36.5 Å². The van der Waals surface area contributed by atoms with E-state index in [1.807, 2.05) is 24.3 Å². The summed E-state index contributed by atoms with van der Waals surface area (Å²) in [6.45, 7) is 1.55. The van der Waals surface area contributed by atoms with Crippen LogP contribution in [-0.2, 0) is 30.4 Å². The van der Waals surface area contributed by atoms with E-state index in [9.17, 15) is 34.2 Å². The van der Waals surface area contributed by atoms with E-state index in [-0.39, 0.29) is 25.8 Å². The van der Waals surface area contributed by atoms with Gasteiger partial charge in [0.25, 0.3) is 0 Å². The fourth-order valence-electron chi connectivity index (χ4n) is 4.50. The van der Waals surface area contributed by atoms with Crippen LogP contribution in [0.1, 0.15) is 38.2 Å². The second kappa shape index (κ2) is 12.5. The molecule has 5 atom stereocenters. The number of rotatable bonds is 12. The van der Waals surface area contributed by atoms with Crippen molar-refractivity contribution in [1.82, 2.24) is 20.5 Å². The Balaban J connectivity index is 1.82. The highest BCUT2D eigenvalue weighted by Crippen LogP contribution is 2.23. The SMILES string of the molecule is CC(O)C(N)C(=O)NC(Cc1c[nH]c2ccccc12)C(=O)N1CCCC1C(=O)NC(CCC(=O)O)C(=O)O. The number of aromatic amines is 1. The molecule has 2 aromatic rings. The molecule has 3 amide bonds. The van der Waals surface area contributed by atoms with Gasteiger partial charge in [-0.15, -0.1) is 0 Å². The summed E-state index contributed by atoms with van der Waals surface area (Å²) in [5.41, 5.74) is 7.35. The first-order chi connectivity index (χ1) is 18.0. The number of benzene rings is 1. The molecule has 0 aliphatic carbocycles. The van der Waals surface area contributed by atoms with Crippen LogP contribution in [0.4, 0.5) is 0 Å². The number of aliphatic hydroxyl groups is 1. The van der Waals surface area contributed by atoms with Crippen molar-refractivity contribution in [1.29, 1.82) is 0 Å². The Labute approximate surface area is 218 Å². The van der Waals surface area contributed by atoms with Gasteiger partial charge >= 0.3 is 11.9 Å². The van der Waals surface area contributed by atoms with Gasteiger partial charge in [0.2, 0.25) is 17.7 Å². The maximum atomic E-state index is 13.7. The lowest BCUT2D eigenvalue weighted by atomic mass is 10.0. The Bertz CT molecular complexity index is 1200. The largest absolute Gasteiger partial charge is 0.481 e. The molecule has 13 heteroatoms. The minimum atomic E-state index is -1.43. The van der Waals surface area contributed by atoms with Crippen LogP contribution in [0.25, 0.3) is 10.9 Å². The molecule has 1 aliphatic heterocycles. The van der Waals surface area contributed by atoms with Crippen molar-refractivity contribution in [2.24, 2.45) is 5.73 Å². The van der Waals surface area contributed by atoms with Crippen molar-refractivity contribution < 1.29 is 39.3 Å². The molecule has 1 saturated heterocycles. The fourth-order valence-corrected chi connectivity index (χ4v) is 4.50. The molecule has 5 unspecified atom stereocenters. The molecule has 1 fully saturated rings. The molecule has 1 aliphatic rings. The van der Waals surface area contributed by atoms with Gasteiger partial charge in [-0.2, -0.15) is 0 Å². The van der Waals surface area contributed by atoms with Crippen molar-refractivity contribution in [2.45, 2.75) is 69.3 Å². The van der Waals surface area contributed by atoms with E-state index >= 15 is 0 Å². The van der Waals surface area contributed by atoms with Gasteiger partial charge in [-0.3, -0.25) is 19.2 Å². The maximum Gasteiger partial charge on any atom is 0.326 e. The van der Waals surface area contributed by atoms with Crippen LogP contribution in [0.5, 0.6) is 0 Å². The zero-order chi connectivity index (χ0) is 28.0. The smallest absolute Gasteiger partial charge is 0.326 e. The third-order valence-electron chi connectivity index (χ3n) is 6.64. The molecule has 13 nitrogen and oxygen atoms in total. The summed E-state index contributed by atoms with van der Waals surface area (Å²) in [5.74, 6) is -4.59. The average molecular weight is 532 g/mol. The molecule has 0 bridgehead atoms. The number of carboxylic acid groups (broad SMARTS) is 2. The summed E-state index contributed by atoms with van der Waals surface area (Å²) >= 11 is 0. The number of hydrogen-bond acceptors (Lipinski definition) is 7. The molecule has 206 valence electrons. The summed E-state index contributed by atoms with van der Waals surface area (Å²) in [6, 6.07) is 2.58. The zero-order valence-corrected chi connectivity index (χ0v) is 20.9. The maximum absolute atomic E-state index is 13.7. The molecular formula is C25H33N5O8. The van der Waals surface area contributed by atoms with Crippen molar-refractivity contribution in [3.63, 3.8) is 0 Å². The van der Waals surface area contributed by atoms with Gasteiger partial charge in [-0.1, -0.05) is 18.2 Å². The van der Waals surface area contributed by atoms with Crippen LogP contribution in [0.3, 0.4) is 0 Å². The minimum absolute atomic E-state index is 0.0717. The Morgan fingerprint density at radius 3 is 2.50 bits per heavy atom. The van der Waals surface area contributed by atoms with Crippen LogP contribution in [0.2, 0.25) is 0 Å². The topological polar surface area (TPSA) is 215 Å². The van der Waals surface area contributed by atoms with Gasteiger partial charge < -0.3 is 41.6 Å². The number of nitrogens with zero attached hydrogens (tertiary/aromatic N) is 1. The van der Waals surface area contributed by atoms with Gasteiger partial charge in [0.15, 0.2) is 0 Å². The Morgan fingerprint density at radius 1 is 1.13 bits per heavy atom. The minimum Gasteiger partial charge on any atom is -0.481 e. The number of amides is 3. The first-order valence-corrected chi connectivity index (χ1v) is 12.3. The number of aliphatic hydroxyl groups excluding tert-OH is 1. The zero-order valence-electron chi connectivity index (χ0n) is 20.9. The van der Waals surface area contributed by atoms with Crippen LogP contribution in [0.15, 0.2) is 30.5 Å². The predicted octanol–water partition coefficient (Wildman–Crippen LogP) is -0.671. The number of H-pyrrole nitrogens is 1. The normalized spacial score (nSPS) is 18.4. The van der Waals surface area contributed by atoms with E-state index in [1.165, 1.54) is 11.8 Å². The van der Waals surface area contributed by atoms with E-state index in [2.05, 4.69) is 15.6 Å². The number of carboxylic acids is 2. The Morgan fingerprint density at radius 2 is 1.84 bits per heavy atom. The van der Waals surface area contributed by atoms with Crippen molar-refractivity contribution in [3.8, 4) is 0 Å². The highest BCUT2D eigenvalue weighted by Gasteiger charge is 2.39. The number of carbonyl (C=O) groups is 5. The predicted molar refractivity (Wildman–Crippen MR) is 135 cm³/mol. The lowest BCUT2D eigenvalue weighted by Gasteiger charge is -2.30. The molecular weight excluding hydrogens is 498 g/mol. The third-order valence-corrected chi connectivity index (χ3v) is 6.64. The van der Waals surface area contributed by atoms with E-state index in [1.54, 1.807) is 6.20 Å². The summed E-state index contributed by atoms with van der Waals surface area (Å²) in [7, 11) is 0. The Kier molecular flexibility index (Phi) is 9.42. The van der Waals surface area contributed by atoms with E-state index in [0.717, 1.165) is 16.5 Å². The number of nitrogens with two attached hydrogens (primary N) is 1. The van der Waals surface area contributed by atoms with E-state index in [4.69, 9.17) is 10.8 Å². The van der Waals surface area contributed by atoms with Gasteiger partial charge in [-0.05, 0) is 37.8 Å².